The molecule has 0 aliphatic carbocycles. The lowest BCUT2D eigenvalue weighted by molar-refractivity contribution is -0.157. The van der Waals surface area contributed by atoms with Crippen molar-refractivity contribution in [1.82, 2.24) is 0 Å². The molecule has 0 amide bonds. The van der Waals surface area contributed by atoms with Crippen LogP contribution in [-0.2, 0) is 14.3 Å². The second-order valence-corrected chi connectivity index (χ2v) is 6.24. The number of carbonyl (C=O) groups excluding carboxylic acids is 1. The van der Waals surface area contributed by atoms with E-state index < -0.39 is 18.0 Å². The minimum Gasteiger partial charge on any atom is -0.481 e. The Balaban J connectivity index is 3.70. The molecule has 1 N–H and O–H groups in total. The number of unbranched alkanes of at least 4 members (excludes halogenated alkanes) is 8. The van der Waals surface area contributed by atoms with Crippen molar-refractivity contribution in [2.75, 3.05) is 0 Å². The first-order valence-electron chi connectivity index (χ1n) is 9.06. The maximum Gasteiger partial charge on any atom is 0.310 e. The van der Waals surface area contributed by atoms with Gasteiger partial charge in [0.05, 0.1) is 5.92 Å². The molecule has 0 saturated carbocycles. The molecule has 0 radical (unpaired) electrons. The summed E-state index contributed by atoms with van der Waals surface area (Å²) < 4.78 is 5.23. The van der Waals surface area contributed by atoms with Crippen LogP contribution >= 0.6 is 0 Å². The molecule has 0 aromatic carbocycles. The Morgan fingerprint density at radius 2 is 1.57 bits per heavy atom. The van der Waals surface area contributed by atoms with Crippen molar-refractivity contribution >= 4 is 11.9 Å². The average Bonchev–Trinajstić information content (AvgIpc) is 2.50. The van der Waals surface area contributed by atoms with E-state index in [9.17, 15) is 9.59 Å². The number of carboxylic acid groups (broad SMARTS) is 1. The largest absolute Gasteiger partial charge is 0.481 e. The van der Waals surface area contributed by atoms with Crippen LogP contribution in [0, 0.1) is 5.92 Å². The first kappa shape index (κ1) is 21.7. The molecule has 0 aromatic rings. The van der Waals surface area contributed by atoms with E-state index in [-0.39, 0.29) is 5.97 Å². The van der Waals surface area contributed by atoms with Crippen molar-refractivity contribution in [2.24, 2.45) is 5.92 Å². The Bertz CT molecular complexity index is 338. The van der Waals surface area contributed by atoms with Crippen molar-refractivity contribution in [3.8, 4) is 0 Å². The van der Waals surface area contributed by atoms with Gasteiger partial charge in [0, 0.05) is 6.42 Å². The Morgan fingerprint density at radius 1 is 1.04 bits per heavy atom. The number of carbonyl (C=O) groups is 2. The summed E-state index contributed by atoms with van der Waals surface area (Å²) in [7, 11) is 0. The van der Waals surface area contributed by atoms with E-state index in [0.29, 0.717) is 12.8 Å². The van der Waals surface area contributed by atoms with Gasteiger partial charge in [-0.25, -0.2) is 0 Å². The normalized spacial score (nSPS) is 13.3. The summed E-state index contributed by atoms with van der Waals surface area (Å²) in [5, 5.41) is 9.10. The van der Waals surface area contributed by atoms with Crippen LogP contribution in [0.4, 0.5) is 0 Å². The smallest absolute Gasteiger partial charge is 0.310 e. The third kappa shape index (κ3) is 11.8. The molecular formula is C19H34O4. The molecule has 0 aliphatic heterocycles. The maximum absolute atomic E-state index is 11.8. The number of aliphatic carboxylic acids is 1. The van der Waals surface area contributed by atoms with Crippen molar-refractivity contribution in [3.05, 3.63) is 12.7 Å². The summed E-state index contributed by atoms with van der Waals surface area (Å²) in [5.41, 5.74) is 0. The van der Waals surface area contributed by atoms with Crippen LogP contribution in [-0.4, -0.2) is 23.1 Å². The van der Waals surface area contributed by atoms with Gasteiger partial charge in [0.15, 0.2) is 0 Å². The maximum atomic E-state index is 11.8. The zero-order chi connectivity index (χ0) is 17.5. The predicted octanol–water partition coefficient (Wildman–Crippen LogP) is 5.12. The van der Waals surface area contributed by atoms with Crippen LogP contribution < -0.4 is 0 Å². The molecule has 0 fully saturated rings. The van der Waals surface area contributed by atoms with E-state index >= 15 is 0 Å². The second-order valence-electron chi connectivity index (χ2n) is 6.24. The number of esters is 1. The number of ether oxygens (including phenoxy) is 1. The lowest BCUT2D eigenvalue weighted by atomic mass is 10.00. The SMILES string of the molecule is C=CCC(C(=O)O)[C@@H](C)OC(=O)CCCCCCCCCCC. The molecule has 0 spiro atoms. The molecule has 1 unspecified atom stereocenters. The fourth-order valence-electron chi connectivity index (χ4n) is 2.60. The Kier molecular flexibility index (Phi) is 13.5. The van der Waals surface area contributed by atoms with Crippen molar-refractivity contribution in [3.63, 3.8) is 0 Å². The van der Waals surface area contributed by atoms with E-state index in [2.05, 4.69) is 13.5 Å². The zero-order valence-corrected chi connectivity index (χ0v) is 14.9. The van der Waals surface area contributed by atoms with E-state index in [1.807, 2.05) is 0 Å². The highest BCUT2D eigenvalue weighted by Gasteiger charge is 2.26. The first-order valence-corrected chi connectivity index (χ1v) is 9.06. The van der Waals surface area contributed by atoms with Gasteiger partial charge in [-0.3, -0.25) is 9.59 Å². The van der Waals surface area contributed by atoms with Gasteiger partial charge < -0.3 is 9.84 Å². The molecule has 0 saturated heterocycles. The van der Waals surface area contributed by atoms with Gasteiger partial charge in [0.1, 0.15) is 6.10 Å². The van der Waals surface area contributed by atoms with Gasteiger partial charge in [-0.1, -0.05) is 64.4 Å². The topological polar surface area (TPSA) is 63.6 Å². The van der Waals surface area contributed by atoms with Gasteiger partial charge in [0.2, 0.25) is 0 Å². The summed E-state index contributed by atoms with van der Waals surface area (Å²) in [4.78, 5) is 22.9. The molecule has 4 nitrogen and oxygen atoms in total. The molecule has 134 valence electrons. The fourth-order valence-corrected chi connectivity index (χ4v) is 2.60. The molecule has 0 aromatic heterocycles. The van der Waals surface area contributed by atoms with Crippen molar-refractivity contribution in [1.29, 1.82) is 0 Å². The van der Waals surface area contributed by atoms with Crippen LogP contribution in [0.5, 0.6) is 0 Å². The summed E-state index contributed by atoms with van der Waals surface area (Å²) >= 11 is 0. The molecule has 0 aliphatic rings. The third-order valence-electron chi connectivity index (χ3n) is 4.11. The van der Waals surface area contributed by atoms with Crippen molar-refractivity contribution < 1.29 is 19.4 Å². The number of hydrogen-bond acceptors (Lipinski definition) is 3. The highest BCUT2D eigenvalue weighted by atomic mass is 16.5. The average molecular weight is 326 g/mol. The third-order valence-corrected chi connectivity index (χ3v) is 4.11. The molecule has 0 rings (SSSR count). The first-order chi connectivity index (χ1) is 11.0. The highest BCUT2D eigenvalue weighted by Crippen LogP contribution is 2.15. The quantitative estimate of drug-likeness (QED) is 0.258. The molecule has 23 heavy (non-hydrogen) atoms. The van der Waals surface area contributed by atoms with Gasteiger partial charge in [-0.2, -0.15) is 0 Å². The number of carboxylic acids is 1. The number of hydrogen-bond donors (Lipinski definition) is 1. The fraction of sp³-hybridized carbons (Fsp3) is 0.789. The monoisotopic (exact) mass is 326 g/mol. The van der Waals surface area contributed by atoms with E-state index in [4.69, 9.17) is 9.84 Å². The van der Waals surface area contributed by atoms with Crippen LogP contribution in [0.25, 0.3) is 0 Å². The summed E-state index contributed by atoms with van der Waals surface area (Å²) in [5.74, 6) is -1.95. The lowest BCUT2D eigenvalue weighted by Crippen LogP contribution is -2.29. The van der Waals surface area contributed by atoms with Crippen LogP contribution in [0.15, 0.2) is 12.7 Å². The highest BCUT2D eigenvalue weighted by molar-refractivity contribution is 5.73. The molecular weight excluding hydrogens is 292 g/mol. The minimum atomic E-state index is -0.951. The molecule has 4 heteroatoms. The molecule has 0 heterocycles. The van der Waals surface area contributed by atoms with Crippen LogP contribution in [0.3, 0.4) is 0 Å². The van der Waals surface area contributed by atoms with Gasteiger partial charge >= 0.3 is 11.9 Å². The van der Waals surface area contributed by atoms with Gasteiger partial charge in [-0.15, -0.1) is 6.58 Å². The van der Waals surface area contributed by atoms with Crippen LogP contribution in [0.2, 0.25) is 0 Å². The summed E-state index contributed by atoms with van der Waals surface area (Å²) in [6.45, 7) is 7.40. The molecule has 0 bridgehead atoms. The Labute approximate surface area is 141 Å². The van der Waals surface area contributed by atoms with Crippen LogP contribution in [0.1, 0.15) is 84.5 Å². The van der Waals surface area contributed by atoms with E-state index in [1.54, 1.807) is 13.0 Å². The Hall–Kier alpha value is -1.32. The predicted molar refractivity (Wildman–Crippen MR) is 93.3 cm³/mol. The van der Waals surface area contributed by atoms with E-state index in [0.717, 1.165) is 19.3 Å². The van der Waals surface area contributed by atoms with Crippen molar-refractivity contribution in [2.45, 2.75) is 90.6 Å². The number of allylic oxidation sites excluding steroid dienone is 1. The lowest BCUT2D eigenvalue weighted by Gasteiger charge is -2.19. The number of rotatable bonds is 15. The van der Waals surface area contributed by atoms with Gasteiger partial charge in [0.25, 0.3) is 0 Å². The second kappa shape index (κ2) is 14.3. The molecule has 2 atom stereocenters. The summed E-state index contributed by atoms with van der Waals surface area (Å²) in [6.07, 6.45) is 12.4. The van der Waals surface area contributed by atoms with E-state index in [1.165, 1.54) is 38.5 Å². The minimum absolute atomic E-state index is 0.296. The standard InChI is InChI=1S/C19H34O4/c1-4-6-7-8-9-10-11-12-13-15-18(20)23-16(3)17(14-5-2)19(21)22/h5,16-17H,2,4,6-15H2,1,3H3,(H,21,22)/t16-,17?/m1/s1. The van der Waals surface area contributed by atoms with Gasteiger partial charge in [-0.05, 0) is 19.8 Å². The Morgan fingerprint density at radius 3 is 2.04 bits per heavy atom. The summed E-state index contributed by atoms with van der Waals surface area (Å²) in [6, 6.07) is 0. The zero-order valence-electron chi connectivity index (χ0n) is 14.9.